The number of aromatic amines is 1. The van der Waals surface area contributed by atoms with E-state index in [4.69, 9.17) is 0 Å². The van der Waals surface area contributed by atoms with Crippen molar-refractivity contribution in [3.63, 3.8) is 0 Å². The summed E-state index contributed by atoms with van der Waals surface area (Å²) in [6.45, 7) is 0.606. The lowest BCUT2D eigenvalue weighted by Gasteiger charge is -2.21. The van der Waals surface area contributed by atoms with Gasteiger partial charge in [-0.15, -0.1) is 0 Å². The van der Waals surface area contributed by atoms with Gasteiger partial charge in [-0.25, -0.2) is 8.42 Å². The molecule has 1 unspecified atom stereocenters. The summed E-state index contributed by atoms with van der Waals surface area (Å²) in [7, 11) is -3.34. The van der Waals surface area contributed by atoms with Crippen molar-refractivity contribution in [1.29, 1.82) is 0 Å². The Hall–Kier alpha value is -1.66. The molecule has 3 rings (SSSR count). The van der Waals surface area contributed by atoms with E-state index in [1.807, 2.05) is 24.3 Å². The Labute approximate surface area is 110 Å². The molecule has 1 aromatic carbocycles. The monoisotopic (exact) mass is 278 g/mol. The van der Waals surface area contributed by atoms with E-state index in [2.05, 4.69) is 10.3 Å². The Kier molecular flexibility index (Phi) is 2.91. The zero-order chi connectivity index (χ0) is 13.5. The highest BCUT2D eigenvalue weighted by atomic mass is 32.2. The summed E-state index contributed by atoms with van der Waals surface area (Å²) in [5.41, 5.74) is 1.20. The second kappa shape index (κ2) is 4.47. The van der Waals surface area contributed by atoms with Crippen LogP contribution in [0.5, 0.6) is 0 Å². The number of para-hydroxylation sites is 1. The smallest absolute Gasteiger partial charge is 0.198 e. The Balaban J connectivity index is 1.99. The number of sulfone groups is 1. The van der Waals surface area contributed by atoms with Crippen molar-refractivity contribution in [1.82, 2.24) is 10.3 Å². The summed E-state index contributed by atoms with van der Waals surface area (Å²) in [6, 6.07) is 9.20. The summed E-state index contributed by atoms with van der Waals surface area (Å²) < 4.78 is 23.9. The number of hydrogen-bond donors (Lipinski definition) is 2. The van der Waals surface area contributed by atoms with Crippen LogP contribution in [-0.2, 0) is 9.84 Å². The SMILES string of the molecule is O=C(c1cc2ccccc2[nH]1)C1CNCCS1(=O)=O. The number of H-pyrrole nitrogens is 1. The molecule has 100 valence electrons. The van der Waals surface area contributed by atoms with Gasteiger partial charge in [0, 0.05) is 24.0 Å². The van der Waals surface area contributed by atoms with Crippen molar-refractivity contribution in [3.8, 4) is 0 Å². The van der Waals surface area contributed by atoms with E-state index < -0.39 is 15.1 Å². The maximum Gasteiger partial charge on any atom is 0.198 e. The molecular weight excluding hydrogens is 264 g/mol. The summed E-state index contributed by atoms with van der Waals surface area (Å²) >= 11 is 0. The summed E-state index contributed by atoms with van der Waals surface area (Å²) in [5, 5.41) is 2.89. The number of carbonyl (C=O) groups is 1. The van der Waals surface area contributed by atoms with Crippen molar-refractivity contribution < 1.29 is 13.2 Å². The lowest BCUT2D eigenvalue weighted by Crippen LogP contribution is -2.48. The van der Waals surface area contributed by atoms with Gasteiger partial charge in [0.15, 0.2) is 15.6 Å². The van der Waals surface area contributed by atoms with Gasteiger partial charge in [0.1, 0.15) is 5.25 Å². The van der Waals surface area contributed by atoms with Gasteiger partial charge >= 0.3 is 0 Å². The second-order valence-electron chi connectivity index (χ2n) is 4.69. The lowest BCUT2D eigenvalue weighted by atomic mass is 10.2. The van der Waals surface area contributed by atoms with E-state index >= 15 is 0 Å². The largest absolute Gasteiger partial charge is 0.352 e. The number of hydrogen-bond acceptors (Lipinski definition) is 4. The molecule has 2 aromatic rings. The maximum atomic E-state index is 12.3. The molecule has 0 aliphatic carbocycles. The Morgan fingerprint density at radius 2 is 2.05 bits per heavy atom. The van der Waals surface area contributed by atoms with Crippen LogP contribution in [0.2, 0.25) is 0 Å². The zero-order valence-corrected chi connectivity index (χ0v) is 11.0. The topological polar surface area (TPSA) is 79.0 Å². The molecule has 0 spiro atoms. The molecule has 1 aromatic heterocycles. The average molecular weight is 278 g/mol. The molecule has 6 heteroatoms. The van der Waals surface area contributed by atoms with Crippen molar-refractivity contribution in [2.75, 3.05) is 18.8 Å². The Morgan fingerprint density at radius 3 is 2.79 bits per heavy atom. The van der Waals surface area contributed by atoms with Crippen LogP contribution in [0.25, 0.3) is 10.9 Å². The summed E-state index contributed by atoms with van der Waals surface area (Å²) in [5.74, 6) is -0.340. The van der Waals surface area contributed by atoms with E-state index in [1.54, 1.807) is 6.07 Å². The molecule has 1 aliphatic heterocycles. The van der Waals surface area contributed by atoms with Crippen LogP contribution < -0.4 is 5.32 Å². The Morgan fingerprint density at radius 1 is 1.26 bits per heavy atom. The van der Waals surface area contributed by atoms with Gasteiger partial charge in [-0.3, -0.25) is 4.79 Å². The number of fused-ring (bicyclic) bond motifs is 1. The number of carbonyl (C=O) groups excluding carboxylic acids is 1. The van der Waals surface area contributed by atoms with Crippen LogP contribution in [0.15, 0.2) is 30.3 Å². The number of ketones is 1. The first-order valence-electron chi connectivity index (χ1n) is 6.12. The second-order valence-corrected chi connectivity index (χ2v) is 7.00. The van der Waals surface area contributed by atoms with Crippen LogP contribution in [0.1, 0.15) is 10.5 Å². The first-order chi connectivity index (χ1) is 9.08. The molecule has 1 aliphatic rings. The summed E-state index contributed by atoms with van der Waals surface area (Å²) in [6.07, 6.45) is 0. The van der Waals surface area contributed by atoms with Gasteiger partial charge < -0.3 is 10.3 Å². The molecule has 2 heterocycles. The molecule has 2 N–H and O–H groups in total. The minimum Gasteiger partial charge on any atom is -0.352 e. The molecule has 0 saturated carbocycles. The number of rotatable bonds is 2. The molecule has 19 heavy (non-hydrogen) atoms. The minimum absolute atomic E-state index is 0.0175. The van der Waals surface area contributed by atoms with Gasteiger partial charge in [0.25, 0.3) is 0 Å². The molecule has 1 fully saturated rings. The van der Waals surface area contributed by atoms with Gasteiger partial charge in [-0.1, -0.05) is 18.2 Å². The highest BCUT2D eigenvalue weighted by Gasteiger charge is 2.35. The fourth-order valence-corrected chi connectivity index (χ4v) is 3.89. The fraction of sp³-hybridized carbons (Fsp3) is 0.308. The minimum atomic E-state index is -3.34. The first kappa shape index (κ1) is 12.4. The van der Waals surface area contributed by atoms with Crippen LogP contribution in [-0.4, -0.2) is 43.3 Å². The van der Waals surface area contributed by atoms with Gasteiger partial charge in [0.05, 0.1) is 11.4 Å². The molecule has 0 radical (unpaired) electrons. The van der Waals surface area contributed by atoms with Crippen LogP contribution >= 0.6 is 0 Å². The van der Waals surface area contributed by atoms with Crippen molar-refractivity contribution in [3.05, 3.63) is 36.0 Å². The quantitative estimate of drug-likeness (QED) is 0.794. The van der Waals surface area contributed by atoms with E-state index in [1.165, 1.54) is 0 Å². The normalized spacial score (nSPS) is 22.4. The highest BCUT2D eigenvalue weighted by Crippen LogP contribution is 2.18. The molecule has 0 amide bonds. The molecule has 1 saturated heterocycles. The van der Waals surface area contributed by atoms with Crippen molar-refractivity contribution in [2.45, 2.75) is 5.25 Å². The molecule has 1 atom stereocenters. The molecule has 5 nitrogen and oxygen atoms in total. The number of Topliss-reactive ketones (excluding diaryl/α,β-unsaturated/α-hetero) is 1. The van der Waals surface area contributed by atoms with Gasteiger partial charge in [-0.2, -0.15) is 0 Å². The first-order valence-corrected chi connectivity index (χ1v) is 7.84. The third-order valence-electron chi connectivity index (χ3n) is 3.41. The van der Waals surface area contributed by atoms with E-state index in [0.717, 1.165) is 10.9 Å². The standard InChI is InChI=1S/C13H14N2O3S/c16-13(12-8-14-5-6-19(12,17)18)11-7-9-3-1-2-4-10(9)15-11/h1-4,7,12,14-15H,5-6,8H2. The molecular formula is C13H14N2O3S. The predicted octanol–water partition coefficient (Wildman–Crippen LogP) is 0.737. The number of aromatic nitrogens is 1. The van der Waals surface area contributed by atoms with Crippen LogP contribution in [0.4, 0.5) is 0 Å². The van der Waals surface area contributed by atoms with Gasteiger partial charge in [0.2, 0.25) is 0 Å². The highest BCUT2D eigenvalue weighted by molar-refractivity contribution is 7.92. The van der Waals surface area contributed by atoms with Crippen LogP contribution in [0.3, 0.4) is 0 Å². The summed E-state index contributed by atoms with van der Waals surface area (Å²) in [4.78, 5) is 15.3. The van der Waals surface area contributed by atoms with E-state index in [9.17, 15) is 13.2 Å². The van der Waals surface area contributed by atoms with Crippen LogP contribution in [0, 0.1) is 0 Å². The zero-order valence-electron chi connectivity index (χ0n) is 10.2. The number of benzene rings is 1. The Bertz CT molecular complexity index is 700. The van der Waals surface area contributed by atoms with E-state index in [0.29, 0.717) is 12.2 Å². The third-order valence-corrected chi connectivity index (χ3v) is 5.44. The van der Waals surface area contributed by atoms with Crippen molar-refractivity contribution >= 4 is 26.5 Å². The number of nitrogens with one attached hydrogen (secondary N) is 2. The van der Waals surface area contributed by atoms with Crippen molar-refractivity contribution in [2.24, 2.45) is 0 Å². The lowest BCUT2D eigenvalue weighted by molar-refractivity contribution is 0.0981. The van der Waals surface area contributed by atoms with Gasteiger partial charge in [-0.05, 0) is 12.1 Å². The maximum absolute atomic E-state index is 12.3. The average Bonchev–Trinajstić information content (AvgIpc) is 2.81. The van der Waals surface area contributed by atoms with E-state index in [-0.39, 0.29) is 18.1 Å². The third kappa shape index (κ3) is 2.17. The molecule has 0 bridgehead atoms. The fourth-order valence-electron chi connectivity index (χ4n) is 2.35. The predicted molar refractivity (Wildman–Crippen MR) is 73.1 cm³/mol.